The Morgan fingerprint density at radius 1 is 1.47 bits per heavy atom. The average Bonchev–Trinajstić information content (AvgIpc) is 2.99. The van der Waals surface area contributed by atoms with E-state index in [4.69, 9.17) is 18.9 Å². The molecule has 5 heteroatoms. The molecule has 0 saturated carbocycles. The zero-order chi connectivity index (χ0) is 12.4. The van der Waals surface area contributed by atoms with Crippen molar-refractivity contribution in [3.05, 3.63) is 12.2 Å². The van der Waals surface area contributed by atoms with E-state index in [1.54, 1.807) is 13.0 Å². The van der Waals surface area contributed by atoms with Crippen LogP contribution in [0.2, 0.25) is 0 Å². The molecule has 0 aromatic carbocycles. The standard InChI is InChI=1S/C12H18O5/c1-4-14-8(3)16-10-6-5-9(13)12(17-10)11-7(2)15-11/h5-8,10-12H,4H2,1-3H3/t7-,8?,10+,11+,12-/m1/s1. The molecule has 2 aliphatic rings. The van der Waals surface area contributed by atoms with Gasteiger partial charge in [-0.05, 0) is 32.9 Å². The molecule has 0 aromatic heterocycles. The lowest BCUT2D eigenvalue weighted by Crippen LogP contribution is -2.39. The smallest absolute Gasteiger partial charge is 0.187 e. The first-order valence-corrected chi connectivity index (χ1v) is 5.92. The molecule has 0 radical (unpaired) electrons. The van der Waals surface area contributed by atoms with Crippen LogP contribution in [0.15, 0.2) is 12.2 Å². The lowest BCUT2D eigenvalue weighted by molar-refractivity contribution is -0.233. The van der Waals surface area contributed by atoms with Crippen molar-refractivity contribution in [2.24, 2.45) is 0 Å². The Kier molecular flexibility index (Phi) is 3.93. The topological polar surface area (TPSA) is 57.3 Å². The Morgan fingerprint density at radius 3 is 2.76 bits per heavy atom. The summed E-state index contributed by atoms with van der Waals surface area (Å²) in [5.41, 5.74) is 0. The van der Waals surface area contributed by atoms with Gasteiger partial charge in [0, 0.05) is 6.61 Å². The van der Waals surface area contributed by atoms with Crippen molar-refractivity contribution in [2.45, 2.75) is 51.7 Å². The van der Waals surface area contributed by atoms with E-state index < -0.39 is 12.4 Å². The van der Waals surface area contributed by atoms with Gasteiger partial charge in [0.15, 0.2) is 24.5 Å². The van der Waals surface area contributed by atoms with Gasteiger partial charge in [-0.1, -0.05) is 0 Å². The number of hydrogen-bond acceptors (Lipinski definition) is 5. The summed E-state index contributed by atoms with van der Waals surface area (Å²) in [7, 11) is 0. The zero-order valence-corrected chi connectivity index (χ0v) is 10.3. The molecule has 0 N–H and O–H groups in total. The predicted molar refractivity (Wildman–Crippen MR) is 59.3 cm³/mol. The number of rotatable bonds is 5. The third-order valence-corrected chi connectivity index (χ3v) is 2.76. The minimum Gasteiger partial charge on any atom is -0.367 e. The van der Waals surface area contributed by atoms with Crippen LogP contribution in [0.1, 0.15) is 20.8 Å². The lowest BCUT2D eigenvalue weighted by Gasteiger charge is -2.26. The van der Waals surface area contributed by atoms with Gasteiger partial charge in [-0.25, -0.2) is 0 Å². The fraction of sp³-hybridized carbons (Fsp3) is 0.750. The maximum Gasteiger partial charge on any atom is 0.187 e. The van der Waals surface area contributed by atoms with E-state index in [0.717, 1.165) is 0 Å². The van der Waals surface area contributed by atoms with Crippen molar-refractivity contribution < 1.29 is 23.7 Å². The predicted octanol–water partition coefficient (Wildman–Crippen LogP) is 1.02. The number of hydrogen-bond donors (Lipinski definition) is 0. The second kappa shape index (κ2) is 5.27. The first-order chi connectivity index (χ1) is 8.11. The number of carbonyl (C=O) groups is 1. The van der Waals surface area contributed by atoms with Gasteiger partial charge in [0.1, 0.15) is 6.10 Å². The van der Waals surface area contributed by atoms with Gasteiger partial charge in [0.2, 0.25) is 0 Å². The fourth-order valence-corrected chi connectivity index (χ4v) is 1.82. The monoisotopic (exact) mass is 242 g/mol. The number of ether oxygens (including phenoxy) is 4. The van der Waals surface area contributed by atoms with Gasteiger partial charge < -0.3 is 18.9 Å². The molecule has 0 spiro atoms. The van der Waals surface area contributed by atoms with E-state index in [9.17, 15) is 4.79 Å². The first kappa shape index (κ1) is 12.7. The summed E-state index contributed by atoms with van der Waals surface area (Å²) in [6.45, 7) is 6.17. The van der Waals surface area contributed by atoms with Crippen molar-refractivity contribution >= 4 is 5.78 Å². The molecular weight excluding hydrogens is 224 g/mol. The summed E-state index contributed by atoms with van der Waals surface area (Å²) in [6.07, 6.45) is 1.58. The van der Waals surface area contributed by atoms with Crippen molar-refractivity contribution in [3.63, 3.8) is 0 Å². The molecule has 2 heterocycles. The Hall–Kier alpha value is -0.750. The van der Waals surface area contributed by atoms with Crippen LogP contribution in [0, 0.1) is 0 Å². The molecule has 17 heavy (non-hydrogen) atoms. The summed E-state index contributed by atoms with van der Waals surface area (Å²) < 4.78 is 21.5. The highest BCUT2D eigenvalue weighted by molar-refractivity contribution is 5.95. The van der Waals surface area contributed by atoms with Crippen LogP contribution in [0.5, 0.6) is 0 Å². The molecule has 1 unspecified atom stereocenters. The maximum atomic E-state index is 11.6. The van der Waals surface area contributed by atoms with E-state index in [2.05, 4.69) is 0 Å². The summed E-state index contributed by atoms with van der Waals surface area (Å²) in [4.78, 5) is 11.6. The Morgan fingerprint density at radius 2 is 2.18 bits per heavy atom. The van der Waals surface area contributed by atoms with Gasteiger partial charge in [-0.3, -0.25) is 4.79 Å². The third kappa shape index (κ3) is 3.13. The molecule has 2 aliphatic heterocycles. The van der Waals surface area contributed by atoms with Crippen molar-refractivity contribution in [2.75, 3.05) is 6.61 Å². The van der Waals surface area contributed by atoms with Crippen LogP contribution >= 0.6 is 0 Å². The van der Waals surface area contributed by atoms with Crippen LogP contribution < -0.4 is 0 Å². The highest BCUT2D eigenvalue weighted by Crippen LogP contribution is 2.30. The third-order valence-electron chi connectivity index (χ3n) is 2.76. The Labute approximate surface area is 101 Å². The number of epoxide rings is 1. The quantitative estimate of drug-likeness (QED) is 0.532. The van der Waals surface area contributed by atoms with Crippen LogP contribution in [0.3, 0.4) is 0 Å². The minimum absolute atomic E-state index is 0.0664. The zero-order valence-electron chi connectivity index (χ0n) is 10.3. The van der Waals surface area contributed by atoms with Crippen LogP contribution in [0.4, 0.5) is 0 Å². The molecule has 1 fully saturated rings. The van der Waals surface area contributed by atoms with E-state index in [0.29, 0.717) is 6.61 Å². The molecular formula is C12H18O5. The van der Waals surface area contributed by atoms with Crippen molar-refractivity contribution in [1.29, 1.82) is 0 Å². The molecule has 5 nitrogen and oxygen atoms in total. The van der Waals surface area contributed by atoms with E-state index in [1.165, 1.54) is 6.08 Å². The normalized spacial score (nSPS) is 38.2. The number of carbonyl (C=O) groups excluding carboxylic acids is 1. The highest BCUT2D eigenvalue weighted by Gasteiger charge is 2.47. The van der Waals surface area contributed by atoms with Gasteiger partial charge in [0.25, 0.3) is 0 Å². The van der Waals surface area contributed by atoms with E-state index in [1.807, 2.05) is 13.8 Å². The van der Waals surface area contributed by atoms with Gasteiger partial charge >= 0.3 is 0 Å². The van der Waals surface area contributed by atoms with Crippen LogP contribution in [-0.4, -0.2) is 43.3 Å². The molecule has 0 aliphatic carbocycles. The Balaban J connectivity index is 1.88. The maximum absolute atomic E-state index is 11.6. The number of ketones is 1. The SMILES string of the molecule is CCOC(C)O[C@@H]1C=CC(=O)[C@H]([C@H]2O[C@@H]2C)O1. The lowest BCUT2D eigenvalue weighted by atomic mass is 10.1. The highest BCUT2D eigenvalue weighted by atomic mass is 16.8. The molecule has 0 amide bonds. The molecule has 1 saturated heterocycles. The second-order valence-electron chi connectivity index (χ2n) is 4.15. The van der Waals surface area contributed by atoms with Gasteiger partial charge in [-0.15, -0.1) is 0 Å². The minimum atomic E-state index is -0.547. The first-order valence-electron chi connectivity index (χ1n) is 5.92. The summed E-state index contributed by atoms with van der Waals surface area (Å²) in [6, 6.07) is 0. The van der Waals surface area contributed by atoms with Crippen LogP contribution in [0.25, 0.3) is 0 Å². The van der Waals surface area contributed by atoms with E-state index in [-0.39, 0.29) is 24.3 Å². The largest absolute Gasteiger partial charge is 0.367 e. The molecule has 2 rings (SSSR count). The van der Waals surface area contributed by atoms with Crippen molar-refractivity contribution in [1.82, 2.24) is 0 Å². The molecule has 5 atom stereocenters. The van der Waals surface area contributed by atoms with E-state index >= 15 is 0 Å². The molecule has 0 aromatic rings. The average molecular weight is 242 g/mol. The summed E-state index contributed by atoms with van der Waals surface area (Å²) in [5, 5.41) is 0. The summed E-state index contributed by atoms with van der Waals surface area (Å²) in [5.74, 6) is -0.0664. The Bertz CT molecular complexity index is 314. The second-order valence-corrected chi connectivity index (χ2v) is 4.15. The van der Waals surface area contributed by atoms with Gasteiger partial charge in [-0.2, -0.15) is 0 Å². The van der Waals surface area contributed by atoms with Gasteiger partial charge in [0.05, 0.1) is 6.10 Å². The molecule has 0 bridgehead atoms. The van der Waals surface area contributed by atoms with Crippen molar-refractivity contribution in [3.8, 4) is 0 Å². The van der Waals surface area contributed by atoms with Crippen LogP contribution in [-0.2, 0) is 23.7 Å². The fourth-order valence-electron chi connectivity index (χ4n) is 1.82. The molecule has 96 valence electrons. The summed E-state index contributed by atoms with van der Waals surface area (Å²) >= 11 is 0.